The first-order valence-electron chi connectivity index (χ1n) is 14.6. The van der Waals surface area contributed by atoms with Crippen LogP contribution in [-0.4, -0.2) is 125 Å². The standard InChI is InChI=1S/C29H44BrN3O7/c1-4-7-8-9-15-39-28(37)22-23-26(35)33(20(6-3)19-34)25(29(23)18-21(30)24(22)40-29)27(36)32(10-5-2)12-11-31-13-16-38-17-14-31/h4-5,20-25,34H,1-2,6-19H2,3H3/t20-,21?,22-,23-,24-,25?,29?/m0/s1. The normalized spacial score (nSPS) is 32.1. The number of rotatable bonds is 15. The van der Waals surface area contributed by atoms with E-state index in [-0.39, 0.29) is 29.9 Å². The summed E-state index contributed by atoms with van der Waals surface area (Å²) >= 11 is 3.69. The molecule has 0 aromatic carbocycles. The predicted octanol–water partition coefficient (Wildman–Crippen LogP) is 1.75. The number of alkyl halides is 1. The van der Waals surface area contributed by atoms with Crippen molar-refractivity contribution >= 4 is 33.7 Å². The van der Waals surface area contributed by atoms with E-state index in [2.05, 4.69) is 34.0 Å². The van der Waals surface area contributed by atoms with Crippen molar-refractivity contribution in [3.8, 4) is 0 Å². The zero-order valence-electron chi connectivity index (χ0n) is 23.5. The fourth-order valence-electron chi connectivity index (χ4n) is 6.79. The highest BCUT2D eigenvalue weighted by Crippen LogP contribution is 2.60. The number of halogens is 1. The maximum atomic E-state index is 14.4. The molecule has 224 valence electrons. The highest BCUT2D eigenvalue weighted by molar-refractivity contribution is 9.09. The molecule has 40 heavy (non-hydrogen) atoms. The third kappa shape index (κ3) is 5.90. The molecule has 3 unspecified atom stereocenters. The molecule has 0 aliphatic carbocycles. The Kier molecular flexibility index (Phi) is 10.8. The van der Waals surface area contributed by atoms with Crippen LogP contribution in [0.3, 0.4) is 0 Å². The maximum absolute atomic E-state index is 14.4. The van der Waals surface area contributed by atoms with Crippen LogP contribution in [0.2, 0.25) is 0 Å². The van der Waals surface area contributed by atoms with E-state index in [9.17, 15) is 19.5 Å². The van der Waals surface area contributed by atoms with Gasteiger partial charge in [-0.1, -0.05) is 35.0 Å². The average molecular weight is 627 g/mol. The number of allylic oxidation sites excluding steroid dienone is 1. The van der Waals surface area contributed by atoms with E-state index in [1.54, 1.807) is 11.0 Å². The van der Waals surface area contributed by atoms with E-state index in [1.807, 2.05) is 13.0 Å². The number of amides is 2. The number of likely N-dealkylation sites (tertiary alicyclic amines) is 1. The second kappa shape index (κ2) is 13.9. The van der Waals surface area contributed by atoms with Gasteiger partial charge >= 0.3 is 5.97 Å². The number of hydrogen-bond acceptors (Lipinski definition) is 8. The minimum Gasteiger partial charge on any atom is -0.465 e. The summed E-state index contributed by atoms with van der Waals surface area (Å²) in [6.45, 7) is 13.8. The van der Waals surface area contributed by atoms with Crippen molar-refractivity contribution in [3.63, 3.8) is 0 Å². The van der Waals surface area contributed by atoms with Crippen LogP contribution in [0.4, 0.5) is 0 Å². The van der Waals surface area contributed by atoms with Gasteiger partial charge in [-0.3, -0.25) is 19.3 Å². The largest absolute Gasteiger partial charge is 0.465 e. The van der Waals surface area contributed by atoms with Gasteiger partial charge in [0.15, 0.2) is 0 Å². The summed E-state index contributed by atoms with van der Waals surface area (Å²) in [5, 5.41) is 10.3. The molecule has 2 amide bonds. The summed E-state index contributed by atoms with van der Waals surface area (Å²) in [5.74, 6) is -2.68. The average Bonchev–Trinajstić information content (AvgIpc) is 3.55. The molecule has 11 heteroatoms. The lowest BCUT2D eigenvalue weighted by molar-refractivity contribution is -0.156. The zero-order valence-corrected chi connectivity index (χ0v) is 25.1. The van der Waals surface area contributed by atoms with E-state index in [0.717, 1.165) is 25.9 Å². The molecule has 0 aromatic heterocycles. The Labute approximate surface area is 245 Å². The van der Waals surface area contributed by atoms with Crippen molar-refractivity contribution in [1.82, 2.24) is 14.7 Å². The second-order valence-electron chi connectivity index (χ2n) is 11.1. The molecule has 0 saturated carbocycles. The van der Waals surface area contributed by atoms with E-state index in [0.29, 0.717) is 52.1 Å². The monoisotopic (exact) mass is 625 g/mol. The minimum atomic E-state index is -1.18. The molecular weight excluding hydrogens is 582 g/mol. The molecule has 0 aromatic rings. The molecule has 4 fully saturated rings. The summed E-state index contributed by atoms with van der Waals surface area (Å²) in [7, 11) is 0. The van der Waals surface area contributed by atoms with Crippen molar-refractivity contribution < 1.29 is 33.7 Å². The number of unbranched alkanes of at least 4 members (excludes halogenated alkanes) is 2. The van der Waals surface area contributed by atoms with Crippen molar-refractivity contribution in [2.75, 3.05) is 59.2 Å². The van der Waals surface area contributed by atoms with Crippen molar-refractivity contribution in [3.05, 3.63) is 25.3 Å². The minimum absolute atomic E-state index is 0.208. The van der Waals surface area contributed by atoms with Crippen LogP contribution in [0.1, 0.15) is 39.0 Å². The Balaban J connectivity index is 1.61. The van der Waals surface area contributed by atoms with E-state index < -0.39 is 41.6 Å². The topological polar surface area (TPSA) is 109 Å². The van der Waals surface area contributed by atoms with Crippen LogP contribution in [0.5, 0.6) is 0 Å². The van der Waals surface area contributed by atoms with Gasteiger partial charge in [-0.15, -0.1) is 13.2 Å². The van der Waals surface area contributed by atoms with Gasteiger partial charge in [0.2, 0.25) is 11.8 Å². The van der Waals surface area contributed by atoms with Crippen LogP contribution in [0, 0.1) is 11.8 Å². The number of aliphatic hydroxyl groups is 1. The van der Waals surface area contributed by atoms with Gasteiger partial charge in [-0.05, 0) is 32.1 Å². The van der Waals surface area contributed by atoms with Crippen LogP contribution < -0.4 is 0 Å². The lowest BCUT2D eigenvalue weighted by Crippen LogP contribution is -2.59. The number of aliphatic hydroxyl groups excluding tert-OH is 1. The first-order chi connectivity index (χ1) is 19.3. The third-order valence-corrected chi connectivity index (χ3v) is 9.65. The van der Waals surface area contributed by atoms with Crippen LogP contribution in [0.25, 0.3) is 0 Å². The third-order valence-electron chi connectivity index (χ3n) is 8.81. The lowest BCUT2D eigenvalue weighted by atomic mass is 9.70. The number of nitrogens with zero attached hydrogens (tertiary/aromatic N) is 3. The molecule has 1 spiro atoms. The van der Waals surface area contributed by atoms with E-state index >= 15 is 0 Å². The van der Waals surface area contributed by atoms with Crippen molar-refractivity contribution in [2.24, 2.45) is 11.8 Å². The predicted molar refractivity (Wildman–Crippen MR) is 153 cm³/mol. The molecule has 2 bridgehead atoms. The number of carbonyl (C=O) groups excluding carboxylic acids is 3. The quantitative estimate of drug-likeness (QED) is 0.127. The summed E-state index contributed by atoms with van der Waals surface area (Å²) in [5.41, 5.74) is -1.18. The Bertz CT molecular complexity index is 941. The molecule has 7 atom stereocenters. The lowest BCUT2D eigenvalue weighted by Gasteiger charge is -2.39. The first kappa shape index (κ1) is 31.2. The molecule has 0 radical (unpaired) electrons. The summed E-state index contributed by atoms with van der Waals surface area (Å²) < 4.78 is 17.7. The smallest absolute Gasteiger partial charge is 0.312 e. The van der Waals surface area contributed by atoms with Crippen LogP contribution in [0.15, 0.2) is 25.3 Å². The number of morpholine rings is 1. The molecule has 4 heterocycles. The van der Waals surface area contributed by atoms with Gasteiger partial charge in [0.1, 0.15) is 11.6 Å². The number of esters is 1. The Morgan fingerprint density at radius 2 is 2.02 bits per heavy atom. The SMILES string of the molecule is C=CCCCCOC(=O)[C@H]1[C@H]2C(=O)N([C@@H](CC)CO)C(C(=O)N(CC=C)CCN3CCOCC3)C23CC(Br)[C@@H]1O3. The number of carbonyl (C=O) groups is 3. The molecule has 1 N–H and O–H groups in total. The second-order valence-corrected chi connectivity index (χ2v) is 12.3. The van der Waals surface area contributed by atoms with Crippen molar-refractivity contribution in [2.45, 2.75) is 67.6 Å². The summed E-state index contributed by atoms with van der Waals surface area (Å²) in [6, 6.07) is -1.53. The molecule has 4 aliphatic rings. The van der Waals surface area contributed by atoms with Crippen molar-refractivity contribution in [1.29, 1.82) is 0 Å². The van der Waals surface area contributed by atoms with Gasteiger partial charge in [0.05, 0.1) is 50.4 Å². The highest BCUT2D eigenvalue weighted by atomic mass is 79.9. The first-order valence-corrected chi connectivity index (χ1v) is 15.5. The van der Waals surface area contributed by atoms with Crippen LogP contribution in [-0.2, 0) is 28.6 Å². The zero-order chi connectivity index (χ0) is 28.9. The Hall–Kier alpha value is -1.79. The Morgan fingerprint density at radius 3 is 2.67 bits per heavy atom. The van der Waals surface area contributed by atoms with E-state index in [4.69, 9.17) is 14.2 Å². The van der Waals surface area contributed by atoms with Gasteiger partial charge < -0.3 is 29.1 Å². The van der Waals surface area contributed by atoms with Gasteiger partial charge in [-0.2, -0.15) is 0 Å². The molecule has 10 nitrogen and oxygen atoms in total. The van der Waals surface area contributed by atoms with Gasteiger partial charge in [0, 0.05) is 37.6 Å². The fourth-order valence-corrected chi connectivity index (χ4v) is 7.73. The number of hydrogen-bond donors (Lipinski definition) is 1. The Morgan fingerprint density at radius 1 is 1.27 bits per heavy atom. The van der Waals surface area contributed by atoms with Gasteiger partial charge in [-0.25, -0.2) is 0 Å². The summed E-state index contributed by atoms with van der Waals surface area (Å²) in [4.78, 5) is 47.3. The fraction of sp³-hybridized carbons (Fsp3) is 0.759. The molecule has 4 saturated heterocycles. The maximum Gasteiger partial charge on any atom is 0.312 e. The highest BCUT2D eigenvalue weighted by Gasteiger charge is 2.77. The molecule has 4 rings (SSSR count). The summed E-state index contributed by atoms with van der Waals surface area (Å²) in [6.07, 6.45) is 6.22. The number of ether oxygens (including phenoxy) is 3. The van der Waals surface area contributed by atoms with Gasteiger partial charge in [0.25, 0.3) is 0 Å². The molecule has 4 aliphatic heterocycles. The van der Waals surface area contributed by atoms with Crippen LogP contribution >= 0.6 is 15.9 Å². The number of fused-ring (bicyclic) bond motifs is 1. The molecular formula is C29H44BrN3O7. The van der Waals surface area contributed by atoms with E-state index in [1.165, 1.54) is 4.90 Å².